The first-order chi connectivity index (χ1) is 10.1. The maximum atomic E-state index is 11.4. The van der Waals surface area contributed by atoms with E-state index in [9.17, 15) is 9.90 Å². The van der Waals surface area contributed by atoms with Crippen LogP contribution in [-0.2, 0) is 9.47 Å². The SMILES string of the molecule is CC(C)CC=CC1CC(OC2CCCCO2)CN1C(=O)O. The van der Waals surface area contributed by atoms with Gasteiger partial charge in [-0.15, -0.1) is 0 Å². The Morgan fingerprint density at radius 3 is 2.90 bits per heavy atom. The molecule has 2 saturated heterocycles. The minimum absolute atomic E-state index is 0.0575. The summed E-state index contributed by atoms with van der Waals surface area (Å²) in [6.45, 7) is 5.49. The van der Waals surface area contributed by atoms with E-state index < -0.39 is 6.09 Å². The van der Waals surface area contributed by atoms with Gasteiger partial charge in [-0.3, -0.25) is 4.90 Å². The second-order valence-corrected chi connectivity index (χ2v) is 6.35. The first-order valence-electron chi connectivity index (χ1n) is 7.99. The smallest absolute Gasteiger partial charge is 0.407 e. The highest BCUT2D eigenvalue weighted by Crippen LogP contribution is 2.25. The van der Waals surface area contributed by atoms with E-state index >= 15 is 0 Å². The lowest BCUT2D eigenvalue weighted by Gasteiger charge is -2.25. The zero-order valence-corrected chi connectivity index (χ0v) is 13.0. The summed E-state index contributed by atoms with van der Waals surface area (Å²) >= 11 is 0. The summed E-state index contributed by atoms with van der Waals surface area (Å²) in [5.74, 6) is 0.587. The van der Waals surface area contributed by atoms with Crippen LogP contribution in [0.2, 0.25) is 0 Å². The molecule has 2 rings (SSSR count). The topological polar surface area (TPSA) is 59.0 Å². The summed E-state index contributed by atoms with van der Waals surface area (Å²) < 4.78 is 11.5. The molecule has 5 heteroatoms. The van der Waals surface area contributed by atoms with E-state index in [0.29, 0.717) is 12.5 Å². The molecule has 0 spiro atoms. The highest BCUT2D eigenvalue weighted by atomic mass is 16.7. The van der Waals surface area contributed by atoms with Gasteiger partial charge in [-0.25, -0.2) is 4.79 Å². The number of carboxylic acid groups (broad SMARTS) is 1. The Morgan fingerprint density at radius 1 is 1.48 bits per heavy atom. The summed E-state index contributed by atoms with van der Waals surface area (Å²) in [4.78, 5) is 12.8. The van der Waals surface area contributed by atoms with Gasteiger partial charge in [0, 0.05) is 6.61 Å². The van der Waals surface area contributed by atoms with E-state index in [1.54, 1.807) is 0 Å². The fourth-order valence-corrected chi connectivity index (χ4v) is 2.87. The molecule has 2 fully saturated rings. The lowest BCUT2D eigenvalue weighted by Crippen LogP contribution is -2.34. The van der Waals surface area contributed by atoms with Crippen LogP contribution in [0.1, 0.15) is 46.0 Å². The second kappa shape index (κ2) is 7.80. The zero-order valence-electron chi connectivity index (χ0n) is 13.0. The van der Waals surface area contributed by atoms with E-state index in [4.69, 9.17) is 9.47 Å². The van der Waals surface area contributed by atoms with Crippen molar-refractivity contribution in [3.8, 4) is 0 Å². The monoisotopic (exact) mass is 297 g/mol. The minimum atomic E-state index is -0.871. The van der Waals surface area contributed by atoms with Crippen molar-refractivity contribution < 1.29 is 19.4 Å². The van der Waals surface area contributed by atoms with Crippen molar-refractivity contribution >= 4 is 6.09 Å². The molecule has 1 amide bonds. The van der Waals surface area contributed by atoms with Gasteiger partial charge < -0.3 is 14.6 Å². The fourth-order valence-electron chi connectivity index (χ4n) is 2.87. The molecule has 2 heterocycles. The van der Waals surface area contributed by atoms with Gasteiger partial charge >= 0.3 is 6.09 Å². The Bertz CT molecular complexity index is 363. The third kappa shape index (κ3) is 5.00. The molecule has 0 aromatic rings. The summed E-state index contributed by atoms with van der Waals surface area (Å²) in [5, 5.41) is 9.32. The van der Waals surface area contributed by atoms with Crippen LogP contribution in [0.4, 0.5) is 4.79 Å². The highest BCUT2D eigenvalue weighted by molar-refractivity contribution is 5.66. The van der Waals surface area contributed by atoms with Crippen molar-refractivity contribution in [2.24, 2.45) is 5.92 Å². The van der Waals surface area contributed by atoms with Crippen LogP contribution in [0, 0.1) is 5.92 Å². The minimum Gasteiger partial charge on any atom is -0.465 e. The lowest BCUT2D eigenvalue weighted by atomic mass is 10.1. The van der Waals surface area contributed by atoms with Crippen LogP contribution in [0.25, 0.3) is 0 Å². The van der Waals surface area contributed by atoms with Gasteiger partial charge in [0.1, 0.15) is 0 Å². The van der Waals surface area contributed by atoms with Gasteiger partial charge in [-0.1, -0.05) is 26.0 Å². The van der Waals surface area contributed by atoms with E-state index in [2.05, 4.69) is 19.9 Å². The zero-order chi connectivity index (χ0) is 15.2. The van der Waals surface area contributed by atoms with Crippen molar-refractivity contribution in [3.63, 3.8) is 0 Å². The number of nitrogens with zero attached hydrogens (tertiary/aromatic N) is 1. The molecule has 0 aromatic carbocycles. The summed E-state index contributed by atoms with van der Waals surface area (Å²) in [6.07, 6.45) is 7.84. The summed E-state index contributed by atoms with van der Waals surface area (Å²) in [5.41, 5.74) is 0. The molecule has 0 aliphatic carbocycles. The Kier molecular flexibility index (Phi) is 6.06. The predicted octanol–water partition coefficient (Wildman–Crippen LogP) is 3.25. The second-order valence-electron chi connectivity index (χ2n) is 6.35. The molecule has 0 aromatic heterocycles. The van der Waals surface area contributed by atoms with Crippen LogP contribution in [0.3, 0.4) is 0 Å². The molecule has 3 unspecified atom stereocenters. The van der Waals surface area contributed by atoms with E-state index in [1.807, 2.05) is 6.08 Å². The molecule has 3 atom stereocenters. The number of allylic oxidation sites excluding steroid dienone is 1. The van der Waals surface area contributed by atoms with E-state index in [1.165, 1.54) is 4.90 Å². The fraction of sp³-hybridized carbons (Fsp3) is 0.812. The number of hydrogen-bond acceptors (Lipinski definition) is 3. The molecule has 2 aliphatic rings. The number of rotatable bonds is 5. The molecule has 0 bridgehead atoms. The Balaban J connectivity index is 1.88. The Hall–Kier alpha value is -1.07. The number of hydrogen-bond donors (Lipinski definition) is 1. The van der Waals surface area contributed by atoms with Crippen molar-refractivity contribution in [2.45, 2.75) is 64.4 Å². The first kappa shape index (κ1) is 16.3. The Morgan fingerprint density at radius 2 is 2.29 bits per heavy atom. The van der Waals surface area contributed by atoms with Crippen molar-refractivity contribution in [3.05, 3.63) is 12.2 Å². The van der Waals surface area contributed by atoms with Crippen LogP contribution in [0.15, 0.2) is 12.2 Å². The van der Waals surface area contributed by atoms with Gasteiger partial charge in [0.15, 0.2) is 6.29 Å². The molecule has 120 valence electrons. The molecule has 5 nitrogen and oxygen atoms in total. The maximum Gasteiger partial charge on any atom is 0.407 e. The molecule has 2 aliphatic heterocycles. The quantitative estimate of drug-likeness (QED) is 0.791. The van der Waals surface area contributed by atoms with Gasteiger partial charge in [0.2, 0.25) is 0 Å². The number of carbonyl (C=O) groups is 1. The number of likely N-dealkylation sites (tertiary alicyclic amines) is 1. The average Bonchev–Trinajstić information content (AvgIpc) is 2.82. The lowest BCUT2D eigenvalue weighted by molar-refractivity contribution is -0.184. The standard InChI is InChI=1S/C16H27NO4/c1-12(2)6-5-7-13-10-14(11-17(13)16(18)19)21-15-8-3-4-9-20-15/h5,7,12-15H,3-4,6,8-11H2,1-2H3,(H,18,19). The van der Waals surface area contributed by atoms with Gasteiger partial charge in [-0.05, 0) is 38.0 Å². The van der Waals surface area contributed by atoms with Crippen molar-refractivity contribution in [1.82, 2.24) is 4.90 Å². The van der Waals surface area contributed by atoms with Gasteiger partial charge in [0.05, 0.1) is 18.7 Å². The predicted molar refractivity (Wildman–Crippen MR) is 80.2 cm³/mol. The van der Waals surface area contributed by atoms with Crippen molar-refractivity contribution in [2.75, 3.05) is 13.2 Å². The Labute approximate surface area is 126 Å². The molecular weight excluding hydrogens is 270 g/mol. The molecular formula is C16H27NO4. The van der Waals surface area contributed by atoms with E-state index in [-0.39, 0.29) is 18.4 Å². The summed E-state index contributed by atoms with van der Waals surface area (Å²) in [6, 6.07) is -0.0742. The van der Waals surface area contributed by atoms with E-state index in [0.717, 1.165) is 38.7 Å². The molecule has 0 saturated carbocycles. The van der Waals surface area contributed by atoms with Crippen LogP contribution in [0.5, 0.6) is 0 Å². The van der Waals surface area contributed by atoms with Gasteiger partial charge in [-0.2, -0.15) is 0 Å². The van der Waals surface area contributed by atoms with Gasteiger partial charge in [0.25, 0.3) is 0 Å². The maximum absolute atomic E-state index is 11.4. The largest absolute Gasteiger partial charge is 0.465 e. The number of amides is 1. The third-order valence-corrected chi connectivity index (χ3v) is 4.00. The number of ether oxygens (including phenoxy) is 2. The average molecular weight is 297 g/mol. The summed E-state index contributed by atoms with van der Waals surface area (Å²) in [7, 11) is 0. The van der Waals surface area contributed by atoms with Crippen molar-refractivity contribution in [1.29, 1.82) is 0 Å². The molecule has 1 N–H and O–H groups in total. The normalized spacial score (nSPS) is 30.4. The van der Waals surface area contributed by atoms with Crippen LogP contribution >= 0.6 is 0 Å². The molecule has 0 radical (unpaired) electrons. The third-order valence-electron chi connectivity index (χ3n) is 4.00. The highest BCUT2D eigenvalue weighted by Gasteiger charge is 2.35. The molecule has 21 heavy (non-hydrogen) atoms. The van der Waals surface area contributed by atoms with Crippen LogP contribution < -0.4 is 0 Å². The van der Waals surface area contributed by atoms with Crippen LogP contribution in [-0.4, -0.2) is 47.7 Å². The first-order valence-corrected chi connectivity index (χ1v) is 7.99.